The van der Waals surface area contributed by atoms with Crippen LogP contribution in [0.4, 0.5) is 0 Å². The first kappa shape index (κ1) is 21.2. The summed E-state index contributed by atoms with van der Waals surface area (Å²) in [6.07, 6.45) is 0.501. The highest BCUT2D eigenvalue weighted by Crippen LogP contribution is 2.15. The van der Waals surface area contributed by atoms with Crippen LogP contribution in [0.2, 0.25) is 5.02 Å². The number of carboxylic acids is 1. The molecule has 2 aromatic rings. The first-order chi connectivity index (χ1) is 12.9. The number of benzene rings is 2. The predicted octanol–water partition coefficient (Wildman–Crippen LogP) is 1.91. The zero-order valence-electron chi connectivity index (χ0n) is 14.5. The van der Waals surface area contributed by atoms with Crippen molar-refractivity contribution in [3.05, 3.63) is 59.1 Å². The summed E-state index contributed by atoms with van der Waals surface area (Å²) in [5.74, 6) is -0.275. The Morgan fingerprint density at radius 1 is 1.11 bits per heavy atom. The highest BCUT2D eigenvalue weighted by molar-refractivity contribution is 7.89. The van der Waals surface area contributed by atoms with E-state index in [0.29, 0.717) is 30.3 Å². The van der Waals surface area contributed by atoms with E-state index in [1.54, 1.807) is 6.07 Å². The van der Waals surface area contributed by atoms with Gasteiger partial charge in [0.25, 0.3) is 0 Å². The Hall–Kier alpha value is -2.13. The zero-order chi connectivity index (χ0) is 19.7. The quantitative estimate of drug-likeness (QED) is 0.487. The standard InChI is InChI=1S/C18H21ClN2O5S/c19-15-4-6-17(7-5-15)27(24,25)21-9-8-14-2-1-3-16(12-14)26-11-10-20-13-18(22)23/h1-7,12,20-21H,8-11,13H2,(H,22,23). The number of sulfonamides is 1. The average Bonchev–Trinajstić information content (AvgIpc) is 2.62. The number of aliphatic carboxylic acids is 1. The van der Waals surface area contributed by atoms with E-state index < -0.39 is 16.0 Å². The van der Waals surface area contributed by atoms with Crippen molar-refractivity contribution in [1.29, 1.82) is 0 Å². The smallest absolute Gasteiger partial charge is 0.317 e. The Labute approximate surface area is 163 Å². The van der Waals surface area contributed by atoms with Gasteiger partial charge >= 0.3 is 5.97 Å². The Morgan fingerprint density at radius 2 is 1.85 bits per heavy atom. The highest BCUT2D eigenvalue weighted by Gasteiger charge is 2.13. The fraction of sp³-hybridized carbons (Fsp3) is 0.278. The molecule has 0 aliphatic carbocycles. The predicted molar refractivity (Wildman–Crippen MR) is 103 cm³/mol. The van der Waals surface area contributed by atoms with Gasteiger partial charge in [0.1, 0.15) is 12.4 Å². The summed E-state index contributed by atoms with van der Waals surface area (Å²) < 4.78 is 32.6. The maximum Gasteiger partial charge on any atom is 0.317 e. The lowest BCUT2D eigenvalue weighted by molar-refractivity contribution is -0.135. The second-order valence-electron chi connectivity index (χ2n) is 5.67. The number of hydrogen-bond donors (Lipinski definition) is 3. The Bertz CT molecular complexity index is 856. The van der Waals surface area contributed by atoms with Crippen molar-refractivity contribution in [2.24, 2.45) is 0 Å². The molecule has 2 rings (SSSR count). The molecule has 0 bridgehead atoms. The van der Waals surface area contributed by atoms with Gasteiger partial charge in [0.15, 0.2) is 0 Å². The largest absolute Gasteiger partial charge is 0.492 e. The summed E-state index contributed by atoms with van der Waals surface area (Å²) in [5.41, 5.74) is 0.921. The van der Waals surface area contributed by atoms with Crippen LogP contribution in [-0.4, -0.2) is 45.7 Å². The molecule has 27 heavy (non-hydrogen) atoms. The summed E-state index contributed by atoms with van der Waals surface area (Å²) in [6, 6.07) is 13.3. The topological polar surface area (TPSA) is 105 Å². The fourth-order valence-corrected chi connectivity index (χ4v) is 3.41. The van der Waals surface area contributed by atoms with Crippen LogP contribution < -0.4 is 14.8 Å². The normalized spacial score (nSPS) is 11.3. The third kappa shape index (κ3) is 7.56. The molecule has 2 aromatic carbocycles. The molecular weight excluding hydrogens is 392 g/mol. The van der Waals surface area contributed by atoms with Crippen molar-refractivity contribution < 1.29 is 23.1 Å². The van der Waals surface area contributed by atoms with Gasteiger partial charge in [0.05, 0.1) is 11.4 Å². The lowest BCUT2D eigenvalue weighted by Crippen LogP contribution is -2.27. The lowest BCUT2D eigenvalue weighted by atomic mass is 10.1. The summed E-state index contributed by atoms with van der Waals surface area (Å²) in [6.45, 7) is 0.878. The Kier molecular flexibility index (Phi) is 8.05. The van der Waals surface area contributed by atoms with Crippen molar-refractivity contribution in [2.45, 2.75) is 11.3 Å². The van der Waals surface area contributed by atoms with Gasteiger partial charge in [-0.05, 0) is 48.4 Å². The minimum atomic E-state index is -3.58. The number of ether oxygens (including phenoxy) is 1. The van der Waals surface area contributed by atoms with Gasteiger partial charge in [0.2, 0.25) is 10.0 Å². The number of carboxylic acid groups (broad SMARTS) is 1. The minimum absolute atomic E-state index is 0.114. The van der Waals surface area contributed by atoms with E-state index >= 15 is 0 Å². The summed E-state index contributed by atoms with van der Waals surface area (Å²) >= 11 is 5.77. The summed E-state index contributed by atoms with van der Waals surface area (Å²) in [5, 5.41) is 11.7. The average molecular weight is 413 g/mol. The Morgan fingerprint density at radius 3 is 2.56 bits per heavy atom. The van der Waals surface area contributed by atoms with Gasteiger partial charge in [0, 0.05) is 18.1 Å². The van der Waals surface area contributed by atoms with Crippen LogP contribution in [0, 0.1) is 0 Å². The number of hydrogen-bond acceptors (Lipinski definition) is 5. The summed E-state index contributed by atoms with van der Waals surface area (Å²) in [7, 11) is -3.58. The molecule has 3 N–H and O–H groups in total. The molecule has 0 aliphatic heterocycles. The zero-order valence-corrected chi connectivity index (χ0v) is 16.1. The maximum atomic E-state index is 12.2. The lowest BCUT2D eigenvalue weighted by Gasteiger charge is -2.09. The fourth-order valence-electron chi connectivity index (χ4n) is 2.25. The minimum Gasteiger partial charge on any atom is -0.492 e. The number of halogens is 1. The SMILES string of the molecule is O=C(O)CNCCOc1cccc(CCNS(=O)(=O)c2ccc(Cl)cc2)c1. The number of rotatable bonds is 11. The number of carbonyl (C=O) groups is 1. The van der Waals surface area contributed by atoms with Crippen LogP contribution in [0.15, 0.2) is 53.4 Å². The third-order valence-electron chi connectivity index (χ3n) is 3.55. The highest BCUT2D eigenvalue weighted by atomic mass is 35.5. The molecular formula is C18H21ClN2O5S. The van der Waals surface area contributed by atoms with Crippen LogP contribution in [0.1, 0.15) is 5.56 Å². The van der Waals surface area contributed by atoms with Gasteiger partial charge in [-0.15, -0.1) is 0 Å². The van der Waals surface area contributed by atoms with Gasteiger partial charge in [-0.1, -0.05) is 23.7 Å². The second kappa shape index (κ2) is 10.3. The molecule has 7 nitrogen and oxygen atoms in total. The van der Waals surface area contributed by atoms with Crippen molar-refractivity contribution in [3.63, 3.8) is 0 Å². The maximum absolute atomic E-state index is 12.2. The van der Waals surface area contributed by atoms with Crippen LogP contribution in [0.5, 0.6) is 5.75 Å². The van der Waals surface area contributed by atoms with E-state index in [4.69, 9.17) is 21.4 Å². The summed E-state index contributed by atoms with van der Waals surface area (Å²) in [4.78, 5) is 10.6. The molecule has 0 aliphatic rings. The Balaban J connectivity index is 1.80. The van der Waals surface area contributed by atoms with Crippen molar-refractivity contribution in [3.8, 4) is 5.75 Å². The van der Waals surface area contributed by atoms with Crippen molar-refractivity contribution in [1.82, 2.24) is 10.0 Å². The van der Waals surface area contributed by atoms with E-state index in [1.165, 1.54) is 24.3 Å². The molecule has 0 heterocycles. The molecule has 146 valence electrons. The molecule has 0 spiro atoms. The van der Waals surface area contributed by atoms with Gasteiger partial charge in [-0.25, -0.2) is 13.1 Å². The van der Waals surface area contributed by atoms with E-state index in [-0.39, 0.29) is 18.0 Å². The van der Waals surface area contributed by atoms with Crippen LogP contribution >= 0.6 is 11.6 Å². The van der Waals surface area contributed by atoms with Gasteiger partial charge < -0.3 is 15.2 Å². The van der Waals surface area contributed by atoms with Gasteiger partial charge in [-0.2, -0.15) is 0 Å². The first-order valence-electron chi connectivity index (χ1n) is 8.26. The van der Waals surface area contributed by atoms with Crippen molar-refractivity contribution in [2.75, 3.05) is 26.2 Å². The second-order valence-corrected chi connectivity index (χ2v) is 7.87. The van der Waals surface area contributed by atoms with Crippen molar-refractivity contribution >= 4 is 27.6 Å². The van der Waals surface area contributed by atoms with Crippen LogP contribution in [0.25, 0.3) is 0 Å². The van der Waals surface area contributed by atoms with E-state index in [9.17, 15) is 13.2 Å². The van der Waals surface area contributed by atoms with Gasteiger partial charge in [-0.3, -0.25) is 4.79 Å². The molecule has 0 unspecified atom stereocenters. The first-order valence-corrected chi connectivity index (χ1v) is 10.1. The molecule has 0 saturated carbocycles. The molecule has 0 radical (unpaired) electrons. The third-order valence-corrected chi connectivity index (χ3v) is 5.28. The monoisotopic (exact) mass is 412 g/mol. The molecule has 0 atom stereocenters. The van der Waals surface area contributed by atoms with Crippen LogP contribution in [0.3, 0.4) is 0 Å². The molecule has 0 saturated heterocycles. The molecule has 0 fully saturated rings. The van der Waals surface area contributed by atoms with E-state index in [0.717, 1.165) is 5.56 Å². The van der Waals surface area contributed by atoms with E-state index in [2.05, 4.69) is 10.0 Å². The molecule has 0 aromatic heterocycles. The molecule has 9 heteroatoms. The molecule has 0 amide bonds. The van der Waals surface area contributed by atoms with Crippen LogP contribution in [-0.2, 0) is 21.2 Å². The van der Waals surface area contributed by atoms with E-state index in [1.807, 2.05) is 18.2 Å². The number of nitrogens with one attached hydrogen (secondary N) is 2.